The van der Waals surface area contributed by atoms with Gasteiger partial charge in [0.05, 0.1) is 5.52 Å². The molecule has 0 spiro atoms. The van der Waals surface area contributed by atoms with Gasteiger partial charge >= 0.3 is 5.97 Å². The molecule has 2 N–H and O–H groups in total. The van der Waals surface area contributed by atoms with Crippen LogP contribution in [0.3, 0.4) is 0 Å². The average Bonchev–Trinajstić information content (AvgIpc) is 2.81. The molecule has 19 heavy (non-hydrogen) atoms. The Hall–Kier alpha value is -1.88. The minimum Gasteiger partial charge on any atom is -0.476 e. The number of carboxylic acid groups (broad SMARTS) is 1. The predicted molar refractivity (Wildman–Crippen MR) is 71.7 cm³/mol. The molecule has 1 fully saturated rings. The van der Waals surface area contributed by atoms with Crippen molar-refractivity contribution in [2.24, 2.45) is 0 Å². The molecule has 1 saturated heterocycles. The van der Waals surface area contributed by atoms with E-state index < -0.39 is 5.97 Å². The first-order valence-corrected chi connectivity index (χ1v) is 6.60. The van der Waals surface area contributed by atoms with Gasteiger partial charge in [0.1, 0.15) is 5.82 Å². The molecule has 3 rings (SSSR count). The number of nitrogens with zero attached hydrogens (tertiary/aromatic N) is 2. The third kappa shape index (κ3) is 2.00. The molecule has 0 aromatic carbocycles. The van der Waals surface area contributed by atoms with Crippen molar-refractivity contribution in [1.29, 1.82) is 0 Å². The van der Waals surface area contributed by atoms with Crippen LogP contribution in [0.25, 0.3) is 5.52 Å². The Bertz CT molecular complexity index is 627. The van der Waals surface area contributed by atoms with E-state index in [4.69, 9.17) is 0 Å². The summed E-state index contributed by atoms with van der Waals surface area (Å²) in [6.07, 6.45) is 3.93. The van der Waals surface area contributed by atoms with E-state index >= 15 is 0 Å². The third-order valence-corrected chi connectivity index (χ3v) is 3.80. The van der Waals surface area contributed by atoms with Crippen molar-refractivity contribution in [2.75, 3.05) is 13.1 Å². The Morgan fingerprint density at radius 2 is 2.21 bits per heavy atom. The standard InChI is InChI=1S/C14H17N3O2/c1-9-3-2-8-17-12(9)11(14(18)19)16-13(17)10-4-6-15-7-5-10/h2-3,8,10,15H,4-7H2,1H3,(H,18,19). The van der Waals surface area contributed by atoms with Gasteiger partial charge in [0.15, 0.2) is 5.69 Å². The zero-order valence-electron chi connectivity index (χ0n) is 10.9. The molecule has 0 saturated carbocycles. The summed E-state index contributed by atoms with van der Waals surface area (Å²) in [4.78, 5) is 15.8. The number of aryl methyl sites for hydroxylation is 1. The monoisotopic (exact) mass is 259 g/mol. The summed E-state index contributed by atoms with van der Waals surface area (Å²) in [6, 6.07) is 3.87. The number of fused-ring (bicyclic) bond motifs is 1. The number of nitrogens with one attached hydrogen (secondary N) is 1. The normalized spacial score (nSPS) is 16.9. The number of carbonyl (C=O) groups is 1. The molecule has 0 atom stereocenters. The summed E-state index contributed by atoms with van der Waals surface area (Å²) in [7, 11) is 0. The summed E-state index contributed by atoms with van der Waals surface area (Å²) in [5.41, 5.74) is 1.85. The molecular weight excluding hydrogens is 242 g/mol. The zero-order valence-corrected chi connectivity index (χ0v) is 10.9. The zero-order chi connectivity index (χ0) is 13.4. The number of aromatic carboxylic acids is 1. The van der Waals surface area contributed by atoms with Crippen molar-refractivity contribution < 1.29 is 9.90 Å². The molecule has 0 bridgehead atoms. The number of rotatable bonds is 2. The van der Waals surface area contributed by atoms with Gasteiger partial charge in [-0.3, -0.25) is 0 Å². The fraction of sp³-hybridized carbons (Fsp3) is 0.429. The minimum absolute atomic E-state index is 0.173. The smallest absolute Gasteiger partial charge is 0.356 e. The van der Waals surface area contributed by atoms with Crippen molar-refractivity contribution in [3.63, 3.8) is 0 Å². The lowest BCUT2D eigenvalue weighted by atomic mass is 9.97. The maximum Gasteiger partial charge on any atom is 0.356 e. The second-order valence-corrected chi connectivity index (χ2v) is 5.06. The van der Waals surface area contributed by atoms with E-state index in [9.17, 15) is 9.90 Å². The van der Waals surface area contributed by atoms with E-state index in [0.717, 1.165) is 42.8 Å². The summed E-state index contributed by atoms with van der Waals surface area (Å²) in [5.74, 6) is 0.272. The Morgan fingerprint density at radius 1 is 1.47 bits per heavy atom. The molecule has 0 radical (unpaired) electrons. The van der Waals surface area contributed by atoms with Crippen LogP contribution < -0.4 is 5.32 Å². The van der Waals surface area contributed by atoms with Crippen LogP contribution in [0.4, 0.5) is 0 Å². The summed E-state index contributed by atoms with van der Waals surface area (Å²) in [5, 5.41) is 12.7. The molecule has 0 unspecified atom stereocenters. The molecule has 1 aliphatic rings. The fourth-order valence-corrected chi connectivity index (χ4v) is 2.85. The maximum atomic E-state index is 11.4. The Morgan fingerprint density at radius 3 is 2.89 bits per heavy atom. The SMILES string of the molecule is Cc1cccn2c(C3CCNCC3)nc(C(=O)O)c12. The first-order valence-electron chi connectivity index (χ1n) is 6.60. The molecule has 3 heterocycles. The highest BCUT2D eigenvalue weighted by molar-refractivity contribution is 5.94. The van der Waals surface area contributed by atoms with E-state index in [-0.39, 0.29) is 5.69 Å². The molecule has 2 aromatic heterocycles. The third-order valence-electron chi connectivity index (χ3n) is 3.80. The van der Waals surface area contributed by atoms with Crippen molar-refractivity contribution >= 4 is 11.5 Å². The highest BCUT2D eigenvalue weighted by Gasteiger charge is 2.24. The molecule has 5 nitrogen and oxygen atoms in total. The molecule has 0 amide bonds. The summed E-state index contributed by atoms with van der Waals surface area (Å²) < 4.78 is 1.95. The largest absolute Gasteiger partial charge is 0.476 e. The van der Waals surface area contributed by atoms with Gasteiger partial charge in [0.2, 0.25) is 0 Å². The van der Waals surface area contributed by atoms with Crippen LogP contribution in [0.5, 0.6) is 0 Å². The van der Waals surface area contributed by atoms with Crippen molar-refractivity contribution in [3.8, 4) is 0 Å². The lowest BCUT2D eigenvalue weighted by Crippen LogP contribution is -2.27. The Balaban J connectivity index is 2.19. The van der Waals surface area contributed by atoms with Crippen molar-refractivity contribution in [1.82, 2.24) is 14.7 Å². The van der Waals surface area contributed by atoms with E-state index in [1.165, 1.54) is 0 Å². The topological polar surface area (TPSA) is 66.6 Å². The lowest BCUT2D eigenvalue weighted by molar-refractivity contribution is 0.0693. The quantitative estimate of drug-likeness (QED) is 0.863. The molecule has 1 aliphatic heterocycles. The van der Waals surface area contributed by atoms with Gasteiger partial charge in [-0.05, 0) is 44.5 Å². The van der Waals surface area contributed by atoms with Crippen LogP contribution in [0, 0.1) is 6.92 Å². The molecule has 2 aromatic rings. The fourth-order valence-electron chi connectivity index (χ4n) is 2.85. The van der Waals surface area contributed by atoms with Gasteiger partial charge in [-0.2, -0.15) is 0 Å². The van der Waals surface area contributed by atoms with E-state index in [1.54, 1.807) is 0 Å². The number of pyridine rings is 1. The van der Waals surface area contributed by atoms with Gasteiger partial charge in [0, 0.05) is 12.1 Å². The predicted octanol–water partition coefficient (Wildman–Crippen LogP) is 1.81. The van der Waals surface area contributed by atoms with Crippen LogP contribution in [0.2, 0.25) is 0 Å². The minimum atomic E-state index is -0.952. The second-order valence-electron chi connectivity index (χ2n) is 5.06. The summed E-state index contributed by atoms with van der Waals surface area (Å²) >= 11 is 0. The van der Waals surface area contributed by atoms with Gasteiger partial charge < -0.3 is 14.8 Å². The van der Waals surface area contributed by atoms with Crippen LogP contribution in [-0.2, 0) is 0 Å². The average molecular weight is 259 g/mol. The van der Waals surface area contributed by atoms with E-state index in [2.05, 4.69) is 10.3 Å². The number of piperidine rings is 1. The van der Waals surface area contributed by atoms with Gasteiger partial charge in [-0.25, -0.2) is 9.78 Å². The number of hydrogen-bond acceptors (Lipinski definition) is 3. The van der Waals surface area contributed by atoms with Crippen LogP contribution >= 0.6 is 0 Å². The second kappa shape index (κ2) is 4.66. The first-order chi connectivity index (χ1) is 9.18. The van der Waals surface area contributed by atoms with Gasteiger partial charge in [-0.1, -0.05) is 6.07 Å². The molecule has 100 valence electrons. The van der Waals surface area contributed by atoms with E-state index in [0.29, 0.717) is 5.92 Å². The number of hydrogen-bond donors (Lipinski definition) is 2. The Labute approximate surface area is 111 Å². The van der Waals surface area contributed by atoms with Crippen molar-refractivity contribution in [3.05, 3.63) is 35.4 Å². The van der Waals surface area contributed by atoms with Crippen LogP contribution in [0.1, 0.15) is 40.6 Å². The lowest BCUT2D eigenvalue weighted by Gasteiger charge is -2.21. The summed E-state index contributed by atoms with van der Waals surface area (Å²) in [6.45, 7) is 3.86. The highest BCUT2D eigenvalue weighted by atomic mass is 16.4. The number of aromatic nitrogens is 2. The highest BCUT2D eigenvalue weighted by Crippen LogP contribution is 2.28. The molecular formula is C14H17N3O2. The van der Waals surface area contributed by atoms with Crippen molar-refractivity contribution in [2.45, 2.75) is 25.7 Å². The maximum absolute atomic E-state index is 11.4. The number of imidazole rings is 1. The molecule has 0 aliphatic carbocycles. The van der Waals surface area contributed by atoms with Crippen LogP contribution in [-0.4, -0.2) is 33.6 Å². The first kappa shape index (κ1) is 12.2. The Kier molecular flexibility index (Phi) is 2.98. The number of carboxylic acids is 1. The van der Waals surface area contributed by atoms with Crippen LogP contribution in [0.15, 0.2) is 18.3 Å². The van der Waals surface area contributed by atoms with Gasteiger partial charge in [-0.15, -0.1) is 0 Å². The molecule has 5 heteroatoms. The van der Waals surface area contributed by atoms with E-state index in [1.807, 2.05) is 29.7 Å². The van der Waals surface area contributed by atoms with Gasteiger partial charge in [0.25, 0.3) is 0 Å².